The highest BCUT2D eigenvalue weighted by Gasteiger charge is 2.17. The maximum atomic E-state index is 11.2. The van der Waals surface area contributed by atoms with Crippen LogP contribution in [0.1, 0.15) is 12.0 Å². The Kier molecular flexibility index (Phi) is 5.37. The molecule has 0 bridgehead atoms. The highest BCUT2D eigenvalue weighted by atomic mass is 79.9. The number of carbonyl (C=O) groups excluding carboxylic acids is 1. The van der Waals surface area contributed by atoms with Crippen molar-refractivity contribution in [2.24, 2.45) is 5.73 Å². The third-order valence-electron chi connectivity index (χ3n) is 3.30. The molecule has 3 rings (SSSR count). The molecule has 0 fully saturated rings. The molecule has 124 valence electrons. The van der Waals surface area contributed by atoms with Gasteiger partial charge in [-0.15, -0.1) is 10.2 Å². The van der Waals surface area contributed by atoms with E-state index in [1.807, 2.05) is 22.8 Å². The van der Waals surface area contributed by atoms with Gasteiger partial charge in [0.2, 0.25) is 5.91 Å². The maximum absolute atomic E-state index is 11.2. The minimum atomic E-state index is -0.364. The van der Waals surface area contributed by atoms with Crippen LogP contribution in [0, 0.1) is 0 Å². The van der Waals surface area contributed by atoms with E-state index < -0.39 is 0 Å². The van der Waals surface area contributed by atoms with Crippen LogP contribution in [0.3, 0.4) is 0 Å². The average molecular weight is 407 g/mol. The number of thioether (sulfide) groups is 1. The SMILES string of the molecule is NC(=O)CCn1c(SCc2cccc(Br)c2)nnc1-c1ccco1. The van der Waals surface area contributed by atoms with E-state index in [1.54, 1.807) is 24.1 Å². The lowest BCUT2D eigenvalue weighted by atomic mass is 10.2. The number of benzene rings is 1. The van der Waals surface area contributed by atoms with Gasteiger partial charge < -0.3 is 10.2 Å². The average Bonchev–Trinajstić information content (AvgIpc) is 3.20. The molecule has 2 aromatic heterocycles. The van der Waals surface area contributed by atoms with E-state index in [0.29, 0.717) is 18.1 Å². The molecule has 0 atom stereocenters. The van der Waals surface area contributed by atoms with Gasteiger partial charge in [-0.1, -0.05) is 39.8 Å². The lowest BCUT2D eigenvalue weighted by molar-refractivity contribution is -0.118. The Bertz CT molecular complexity index is 832. The van der Waals surface area contributed by atoms with Crippen molar-refractivity contribution in [3.63, 3.8) is 0 Å². The zero-order valence-electron chi connectivity index (χ0n) is 12.7. The van der Waals surface area contributed by atoms with Crippen molar-refractivity contribution in [1.29, 1.82) is 0 Å². The fourth-order valence-corrected chi connectivity index (χ4v) is 3.54. The number of hydrogen-bond acceptors (Lipinski definition) is 5. The molecular weight excluding hydrogens is 392 g/mol. The van der Waals surface area contributed by atoms with Crippen molar-refractivity contribution < 1.29 is 9.21 Å². The molecule has 1 amide bonds. The number of halogens is 1. The minimum absolute atomic E-state index is 0.218. The van der Waals surface area contributed by atoms with Gasteiger partial charge in [-0.3, -0.25) is 9.36 Å². The first-order chi connectivity index (χ1) is 11.6. The summed E-state index contributed by atoms with van der Waals surface area (Å²) in [6.45, 7) is 0.416. The smallest absolute Gasteiger partial charge is 0.219 e. The number of aromatic nitrogens is 3. The van der Waals surface area contributed by atoms with Crippen molar-refractivity contribution >= 4 is 33.6 Å². The molecule has 0 radical (unpaired) electrons. The van der Waals surface area contributed by atoms with Crippen LogP contribution in [0.4, 0.5) is 0 Å². The molecule has 0 aliphatic heterocycles. The summed E-state index contributed by atoms with van der Waals surface area (Å²) in [7, 11) is 0. The second-order valence-electron chi connectivity index (χ2n) is 5.07. The van der Waals surface area contributed by atoms with Crippen molar-refractivity contribution in [3.8, 4) is 11.6 Å². The minimum Gasteiger partial charge on any atom is -0.461 e. The molecule has 6 nitrogen and oxygen atoms in total. The van der Waals surface area contributed by atoms with Gasteiger partial charge in [0.25, 0.3) is 0 Å². The number of carbonyl (C=O) groups is 1. The quantitative estimate of drug-likeness (QED) is 0.606. The number of amides is 1. The Morgan fingerprint density at radius 2 is 2.17 bits per heavy atom. The first-order valence-corrected chi connectivity index (χ1v) is 9.04. The normalized spacial score (nSPS) is 10.9. The zero-order valence-corrected chi connectivity index (χ0v) is 15.1. The van der Waals surface area contributed by atoms with Crippen LogP contribution in [0.25, 0.3) is 11.6 Å². The number of hydrogen-bond donors (Lipinski definition) is 1. The van der Waals surface area contributed by atoms with Gasteiger partial charge in [0.1, 0.15) is 0 Å². The van der Waals surface area contributed by atoms with Crippen molar-refractivity contribution in [1.82, 2.24) is 14.8 Å². The van der Waals surface area contributed by atoms with Crippen LogP contribution in [0.2, 0.25) is 0 Å². The Morgan fingerprint density at radius 3 is 2.88 bits per heavy atom. The fraction of sp³-hybridized carbons (Fsp3) is 0.188. The second kappa shape index (κ2) is 7.67. The molecule has 0 aliphatic carbocycles. The van der Waals surface area contributed by atoms with Gasteiger partial charge in [-0.05, 0) is 29.8 Å². The van der Waals surface area contributed by atoms with E-state index in [2.05, 4.69) is 38.3 Å². The number of nitrogens with two attached hydrogens (primary N) is 1. The molecule has 0 saturated heterocycles. The summed E-state index contributed by atoms with van der Waals surface area (Å²) >= 11 is 5.02. The van der Waals surface area contributed by atoms with Crippen LogP contribution in [0.5, 0.6) is 0 Å². The first kappa shape index (κ1) is 16.8. The van der Waals surface area contributed by atoms with Gasteiger partial charge in [0.05, 0.1) is 6.26 Å². The number of rotatable bonds is 7. The zero-order chi connectivity index (χ0) is 16.9. The summed E-state index contributed by atoms with van der Waals surface area (Å²) in [5, 5.41) is 9.17. The Balaban J connectivity index is 1.82. The standard InChI is InChI=1S/C16H15BrN4O2S/c17-12-4-1-3-11(9-12)10-24-16-20-19-15(13-5-2-8-23-13)21(16)7-6-14(18)22/h1-5,8-9H,6-7,10H2,(H2,18,22). The Hall–Kier alpha value is -2.06. The summed E-state index contributed by atoms with van der Waals surface area (Å²) in [6.07, 6.45) is 1.80. The van der Waals surface area contributed by atoms with Crippen molar-refractivity contribution in [3.05, 3.63) is 52.7 Å². The molecule has 24 heavy (non-hydrogen) atoms. The molecule has 0 spiro atoms. The second-order valence-corrected chi connectivity index (χ2v) is 6.93. The van der Waals surface area contributed by atoms with Crippen LogP contribution in [0.15, 0.2) is 56.7 Å². The third-order valence-corrected chi connectivity index (χ3v) is 4.83. The summed E-state index contributed by atoms with van der Waals surface area (Å²) < 4.78 is 8.31. The molecule has 0 saturated carbocycles. The predicted octanol–water partition coefficient (Wildman–Crippen LogP) is 3.47. The number of furan rings is 1. The van der Waals surface area contributed by atoms with E-state index in [0.717, 1.165) is 15.4 Å². The molecule has 8 heteroatoms. The fourth-order valence-electron chi connectivity index (χ4n) is 2.18. The molecule has 2 N–H and O–H groups in total. The highest BCUT2D eigenvalue weighted by molar-refractivity contribution is 9.10. The van der Waals surface area contributed by atoms with Gasteiger partial charge >= 0.3 is 0 Å². The number of primary amides is 1. The van der Waals surface area contributed by atoms with E-state index in [1.165, 1.54) is 5.56 Å². The largest absolute Gasteiger partial charge is 0.461 e. The van der Waals surface area contributed by atoms with Crippen LogP contribution >= 0.6 is 27.7 Å². The van der Waals surface area contributed by atoms with E-state index in [9.17, 15) is 4.79 Å². The molecule has 3 aromatic rings. The molecule has 1 aromatic carbocycles. The van der Waals surface area contributed by atoms with Gasteiger partial charge in [-0.25, -0.2) is 0 Å². The molecule has 0 unspecified atom stereocenters. The Morgan fingerprint density at radius 1 is 1.29 bits per heavy atom. The Labute approximate surface area is 151 Å². The van der Waals surface area contributed by atoms with E-state index in [-0.39, 0.29) is 12.3 Å². The summed E-state index contributed by atoms with van der Waals surface area (Å²) in [5.74, 6) is 1.59. The molecular formula is C16H15BrN4O2S. The van der Waals surface area contributed by atoms with Gasteiger partial charge in [-0.2, -0.15) is 0 Å². The summed E-state index contributed by atoms with van der Waals surface area (Å²) in [6, 6.07) is 11.7. The predicted molar refractivity (Wildman–Crippen MR) is 95.2 cm³/mol. The van der Waals surface area contributed by atoms with E-state index in [4.69, 9.17) is 10.2 Å². The lowest BCUT2D eigenvalue weighted by Crippen LogP contribution is -2.15. The highest BCUT2D eigenvalue weighted by Crippen LogP contribution is 2.27. The van der Waals surface area contributed by atoms with Crippen LogP contribution < -0.4 is 5.73 Å². The summed E-state index contributed by atoms with van der Waals surface area (Å²) in [4.78, 5) is 11.2. The van der Waals surface area contributed by atoms with Crippen molar-refractivity contribution in [2.45, 2.75) is 23.9 Å². The van der Waals surface area contributed by atoms with Crippen LogP contribution in [-0.4, -0.2) is 20.7 Å². The number of nitrogens with zero attached hydrogens (tertiary/aromatic N) is 3. The van der Waals surface area contributed by atoms with E-state index >= 15 is 0 Å². The maximum Gasteiger partial charge on any atom is 0.219 e. The van der Waals surface area contributed by atoms with Crippen LogP contribution in [-0.2, 0) is 17.1 Å². The topological polar surface area (TPSA) is 86.9 Å². The molecule has 0 aliphatic rings. The summed E-state index contributed by atoms with van der Waals surface area (Å²) in [5.41, 5.74) is 6.45. The third kappa shape index (κ3) is 4.07. The molecule has 2 heterocycles. The van der Waals surface area contributed by atoms with Crippen molar-refractivity contribution in [2.75, 3.05) is 0 Å². The lowest BCUT2D eigenvalue weighted by Gasteiger charge is -2.08. The van der Waals surface area contributed by atoms with Gasteiger partial charge in [0, 0.05) is 23.2 Å². The monoisotopic (exact) mass is 406 g/mol. The van der Waals surface area contributed by atoms with Gasteiger partial charge in [0.15, 0.2) is 16.7 Å². The first-order valence-electron chi connectivity index (χ1n) is 7.26.